The van der Waals surface area contributed by atoms with E-state index in [1.165, 1.54) is 70.9 Å². The Morgan fingerprint density at radius 2 is 1.31 bits per heavy atom. The van der Waals surface area contributed by atoms with Crippen molar-refractivity contribution >= 4 is 0 Å². The second kappa shape index (κ2) is 13.0. The number of nitrogens with one attached hydrogen (secondary N) is 1. The van der Waals surface area contributed by atoms with Crippen LogP contribution >= 0.6 is 0 Å². The molecule has 0 amide bonds. The van der Waals surface area contributed by atoms with E-state index in [4.69, 9.17) is 0 Å². The maximum Gasteiger partial charge on any atom is -0.00489 e. The fourth-order valence-corrected chi connectivity index (χ4v) is 1.96. The Morgan fingerprint density at radius 3 is 1.94 bits per heavy atom. The van der Waals surface area contributed by atoms with E-state index in [0.717, 1.165) is 5.92 Å². The molecule has 0 spiro atoms. The van der Waals surface area contributed by atoms with Gasteiger partial charge < -0.3 is 5.32 Å². The van der Waals surface area contributed by atoms with Crippen molar-refractivity contribution in [1.82, 2.24) is 5.32 Å². The zero-order valence-corrected chi connectivity index (χ0v) is 11.9. The summed E-state index contributed by atoms with van der Waals surface area (Å²) in [5, 5.41) is 3.55. The lowest BCUT2D eigenvalue weighted by Gasteiger charge is -2.06. The highest BCUT2D eigenvalue weighted by Crippen LogP contribution is 2.06. The first-order chi connectivity index (χ1) is 7.77. The summed E-state index contributed by atoms with van der Waals surface area (Å²) in [5.74, 6) is 0.874. The van der Waals surface area contributed by atoms with Gasteiger partial charge in [-0.2, -0.15) is 0 Å². The quantitative estimate of drug-likeness (QED) is 0.474. The van der Waals surface area contributed by atoms with Gasteiger partial charge in [0.05, 0.1) is 0 Å². The molecule has 0 aliphatic rings. The highest BCUT2D eigenvalue weighted by atomic mass is 14.8. The topological polar surface area (TPSA) is 12.0 Å². The average Bonchev–Trinajstić information content (AvgIpc) is 2.25. The molecule has 0 rings (SSSR count). The molecule has 0 unspecified atom stereocenters. The molecule has 0 fully saturated rings. The van der Waals surface area contributed by atoms with Crippen molar-refractivity contribution in [1.29, 1.82) is 0 Å². The highest BCUT2D eigenvalue weighted by Gasteiger charge is 1.94. The average molecular weight is 227 g/mol. The number of hydrogen-bond donors (Lipinski definition) is 1. The Morgan fingerprint density at radius 1 is 0.750 bits per heavy atom. The van der Waals surface area contributed by atoms with E-state index in [-0.39, 0.29) is 0 Å². The molecule has 1 N–H and O–H groups in total. The van der Waals surface area contributed by atoms with E-state index in [9.17, 15) is 0 Å². The SMILES string of the molecule is CCCCCCCCNCCCCC(C)C. The molecule has 0 bridgehead atoms. The summed E-state index contributed by atoms with van der Waals surface area (Å²) in [6.07, 6.45) is 12.6. The zero-order chi connectivity index (χ0) is 12.1. The van der Waals surface area contributed by atoms with Gasteiger partial charge in [0.2, 0.25) is 0 Å². The van der Waals surface area contributed by atoms with Crippen LogP contribution in [0.5, 0.6) is 0 Å². The van der Waals surface area contributed by atoms with Crippen LogP contribution in [0.25, 0.3) is 0 Å². The van der Waals surface area contributed by atoms with Gasteiger partial charge in [0.1, 0.15) is 0 Å². The molecule has 0 radical (unpaired) electrons. The van der Waals surface area contributed by atoms with Crippen molar-refractivity contribution in [3.63, 3.8) is 0 Å². The zero-order valence-electron chi connectivity index (χ0n) is 11.9. The molecule has 0 saturated carbocycles. The van der Waals surface area contributed by atoms with Gasteiger partial charge in [-0.15, -0.1) is 0 Å². The van der Waals surface area contributed by atoms with E-state index in [1.54, 1.807) is 0 Å². The molecular formula is C15H33N. The molecular weight excluding hydrogens is 194 g/mol. The van der Waals surface area contributed by atoms with Crippen LogP contribution in [-0.4, -0.2) is 13.1 Å². The molecule has 0 aromatic heterocycles. The Labute approximate surface area is 103 Å². The van der Waals surface area contributed by atoms with Crippen molar-refractivity contribution < 1.29 is 0 Å². The van der Waals surface area contributed by atoms with Crippen molar-refractivity contribution in [3.05, 3.63) is 0 Å². The maximum atomic E-state index is 3.55. The first-order valence-corrected chi connectivity index (χ1v) is 7.48. The minimum Gasteiger partial charge on any atom is -0.317 e. The van der Waals surface area contributed by atoms with Crippen LogP contribution in [0.2, 0.25) is 0 Å². The van der Waals surface area contributed by atoms with E-state index in [1.807, 2.05) is 0 Å². The van der Waals surface area contributed by atoms with Gasteiger partial charge >= 0.3 is 0 Å². The standard InChI is InChI=1S/C15H33N/c1-4-5-6-7-8-10-13-16-14-11-9-12-15(2)3/h15-16H,4-14H2,1-3H3. The van der Waals surface area contributed by atoms with Crippen LogP contribution in [0.4, 0.5) is 0 Å². The second-order valence-electron chi connectivity index (χ2n) is 5.41. The van der Waals surface area contributed by atoms with Gasteiger partial charge in [-0.25, -0.2) is 0 Å². The van der Waals surface area contributed by atoms with Gasteiger partial charge in [-0.1, -0.05) is 65.7 Å². The molecule has 1 heteroatoms. The molecule has 1 nitrogen and oxygen atoms in total. The lowest BCUT2D eigenvalue weighted by atomic mass is 10.1. The number of rotatable bonds is 12. The summed E-state index contributed by atoms with van der Waals surface area (Å²) in [6.45, 7) is 9.35. The van der Waals surface area contributed by atoms with Crippen LogP contribution < -0.4 is 5.32 Å². The van der Waals surface area contributed by atoms with Crippen LogP contribution in [-0.2, 0) is 0 Å². The third-order valence-electron chi connectivity index (χ3n) is 3.09. The Kier molecular flexibility index (Phi) is 13.0. The van der Waals surface area contributed by atoms with Gasteiger partial charge in [-0.05, 0) is 31.8 Å². The molecule has 0 heterocycles. The maximum absolute atomic E-state index is 3.55. The summed E-state index contributed by atoms with van der Waals surface area (Å²) in [4.78, 5) is 0. The summed E-state index contributed by atoms with van der Waals surface area (Å²) < 4.78 is 0. The van der Waals surface area contributed by atoms with Crippen molar-refractivity contribution in [2.45, 2.75) is 78.6 Å². The molecule has 98 valence electrons. The third-order valence-corrected chi connectivity index (χ3v) is 3.09. The van der Waals surface area contributed by atoms with Crippen LogP contribution in [0.1, 0.15) is 78.6 Å². The fourth-order valence-electron chi connectivity index (χ4n) is 1.96. The second-order valence-corrected chi connectivity index (χ2v) is 5.41. The van der Waals surface area contributed by atoms with Crippen molar-refractivity contribution in [2.75, 3.05) is 13.1 Å². The largest absolute Gasteiger partial charge is 0.317 e. The van der Waals surface area contributed by atoms with Crippen LogP contribution in [0.15, 0.2) is 0 Å². The Balaban J connectivity index is 2.88. The summed E-state index contributed by atoms with van der Waals surface area (Å²) in [6, 6.07) is 0. The normalized spacial score (nSPS) is 11.2. The van der Waals surface area contributed by atoms with Gasteiger partial charge in [0, 0.05) is 0 Å². The minimum absolute atomic E-state index is 0.874. The van der Waals surface area contributed by atoms with Gasteiger partial charge in [0.15, 0.2) is 0 Å². The van der Waals surface area contributed by atoms with Crippen LogP contribution in [0.3, 0.4) is 0 Å². The van der Waals surface area contributed by atoms with E-state index in [0.29, 0.717) is 0 Å². The smallest absolute Gasteiger partial charge is 0.00489 e. The van der Waals surface area contributed by atoms with E-state index in [2.05, 4.69) is 26.1 Å². The molecule has 0 aliphatic heterocycles. The minimum atomic E-state index is 0.874. The predicted octanol–water partition coefficient (Wildman–Crippen LogP) is 4.76. The number of hydrogen-bond acceptors (Lipinski definition) is 1. The van der Waals surface area contributed by atoms with E-state index >= 15 is 0 Å². The number of unbranched alkanes of at least 4 members (excludes halogenated alkanes) is 6. The first-order valence-electron chi connectivity index (χ1n) is 7.48. The van der Waals surface area contributed by atoms with Crippen LogP contribution in [0, 0.1) is 5.92 Å². The van der Waals surface area contributed by atoms with Crippen molar-refractivity contribution in [3.8, 4) is 0 Å². The Hall–Kier alpha value is -0.0400. The monoisotopic (exact) mass is 227 g/mol. The van der Waals surface area contributed by atoms with E-state index < -0.39 is 0 Å². The molecule has 0 aromatic rings. The molecule has 0 aliphatic carbocycles. The third kappa shape index (κ3) is 14.0. The molecule has 0 atom stereocenters. The fraction of sp³-hybridized carbons (Fsp3) is 1.00. The highest BCUT2D eigenvalue weighted by molar-refractivity contribution is 4.52. The summed E-state index contributed by atoms with van der Waals surface area (Å²) in [5.41, 5.74) is 0. The first kappa shape index (κ1) is 16.0. The lowest BCUT2D eigenvalue weighted by Crippen LogP contribution is -2.16. The van der Waals surface area contributed by atoms with Gasteiger partial charge in [0.25, 0.3) is 0 Å². The molecule has 0 saturated heterocycles. The summed E-state index contributed by atoms with van der Waals surface area (Å²) in [7, 11) is 0. The summed E-state index contributed by atoms with van der Waals surface area (Å²) >= 11 is 0. The van der Waals surface area contributed by atoms with Gasteiger partial charge in [-0.3, -0.25) is 0 Å². The van der Waals surface area contributed by atoms with Crippen molar-refractivity contribution in [2.24, 2.45) is 5.92 Å². The lowest BCUT2D eigenvalue weighted by molar-refractivity contribution is 0.512. The Bertz CT molecular complexity index is 121. The molecule has 16 heavy (non-hydrogen) atoms. The predicted molar refractivity (Wildman–Crippen MR) is 74.9 cm³/mol. The molecule has 0 aromatic carbocycles.